The number of alkyl carbamates (subject to hydrolysis) is 1. The molecule has 1 aromatic carbocycles. The number of benzene rings is 1. The lowest BCUT2D eigenvalue weighted by molar-refractivity contribution is -0.143. The molecule has 0 spiro atoms. The van der Waals surface area contributed by atoms with Crippen molar-refractivity contribution in [2.24, 2.45) is 17.8 Å². The highest BCUT2D eigenvalue weighted by Gasteiger charge is 2.67. The minimum Gasteiger partial charge on any atom is -0.449 e. The lowest BCUT2D eigenvalue weighted by Gasteiger charge is -2.18. The standard InChI is InChI=1S/C15H16N2O4/c1-16-15(20)21-8-10-11-12(10)14(19)17(13(11)18)7-9-5-3-2-4-6-9/h2-6,10-12H,7-8H2,1H3,(H,16,20)/t10-,11-,12+. The first-order valence-corrected chi connectivity index (χ1v) is 6.87. The van der Waals surface area contributed by atoms with Gasteiger partial charge in [-0.25, -0.2) is 4.79 Å². The molecular formula is C15H16N2O4. The Labute approximate surface area is 122 Å². The molecule has 0 unspecified atom stereocenters. The fourth-order valence-corrected chi connectivity index (χ4v) is 2.89. The van der Waals surface area contributed by atoms with Gasteiger partial charge in [0, 0.05) is 13.0 Å². The van der Waals surface area contributed by atoms with E-state index in [1.54, 1.807) is 0 Å². The third kappa shape index (κ3) is 2.37. The van der Waals surface area contributed by atoms with Gasteiger partial charge in [-0.3, -0.25) is 14.5 Å². The second-order valence-electron chi connectivity index (χ2n) is 5.31. The lowest BCUT2D eigenvalue weighted by atomic mass is 10.2. The Morgan fingerprint density at radius 2 is 1.81 bits per heavy atom. The maximum Gasteiger partial charge on any atom is 0.406 e. The molecule has 1 N–H and O–H groups in total. The van der Waals surface area contributed by atoms with E-state index in [0.29, 0.717) is 6.54 Å². The molecule has 6 heteroatoms. The Bertz CT molecular complexity index is 565. The number of rotatable bonds is 4. The first kappa shape index (κ1) is 13.6. The number of carbonyl (C=O) groups excluding carboxylic acids is 3. The highest BCUT2D eigenvalue weighted by molar-refractivity contribution is 6.09. The van der Waals surface area contributed by atoms with Gasteiger partial charge in [0.25, 0.3) is 0 Å². The molecule has 21 heavy (non-hydrogen) atoms. The zero-order chi connectivity index (χ0) is 15.0. The zero-order valence-electron chi connectivity index (χ0n) is 11.6. The molecule has 3 atom stereocenters. The summed E-state index contributed by atoms with van der Waals surface area (Å²) in [5, 5.41) is 2.34. The highest BCUT2D eigenvalue weighted by atomic mass is 16.5. The van der Waals surface area contributed by atoms with Gasteiger partial charge in [0.2, 0.25) is 11.8 Å². The van der Waals surface area contributed by atoms with Crippen molar-refractivity contribution >= 4 is 17.9 Å². The van der Waals surface area contributed by atoms with Crippen LogP contribution in [0.2, 0.25) is 0 Å². The molecule has 1 heterocycles. The van der Waals surface area contributed by atoms with E-state index in [9.17, 15) is 14.4 Å². The minimum atomic E-state index is -0.541. The average molecular weight is 288 g/mol. The quantitative estimate of drug-likeness (QED) is 0.830. The fraction of sp³-hybridized carbons (Fsp3) is 0.400. The van der Waals surface area contributed by atoms with Crippen molar-refractivity contribution in [2.75, 3.05) is 13.7 Å². The van der Waals surface area contributed by atoms with Crippen molar-refractivity contribution < 1.29 is 19.1 Å². The average Bonchev–Trinajstić information content (AvgIpc) is 3.18. The molecule has 0 bridgehead atoms. The summed E-state index contributed by atoms with van der Waals surface area (Å²) in [6.45, 7) is 0.431. The van der Waals surface area contributed by atoms with Gasteiger partial charge in [-0.05, 0) is 5.56 Å². The zero-order valence-corrected chi connectivity index (χ0v) is 11.6. The van der Waals surface area contributed by atoms with E-state index < -0.39 is 6.09 Å². The van der Waals surface area contributed by atoms with Gasteiger partial charge in [0.15, 0.2) is 0 Å². The summed E-state index contributed by atoms with van der Waals surface area (Å²) in [7, 11) is 1.47. The van der Waals surface area contributed by atoms with Gasteiger partial charge in [-0.15, -0.1) is 0 Å². The Kier molecular flexibility index (Phi) is 3.37. The summed E-state index contributed by atoms with van der Waals surface area (Å²) < 4.78 is 4.93. The Morgan fingerprint density at radius 1 is 1.19 bits per heavy atom. The Hall–Kier alpha value is -2.37. The maximum atomic E-state index is 12.2. The van der Waals surface area contributed by atoms with Crippen molar-refractivity contribution in [1.29, 1.82) is 0 Å². The topological polar surface area (TPSA) is 75.7 Å². The lowest BCUT2D eigenvalue weighted by Crippen LogP contribution is -2.35. The maximum absolute atomic E-state index is 12.2. The van der Waals surface area contributed by atoms with E-state index >= 15 is 0 Å². The number of imide groups is 1. The number of ether oxygens (including phenoxy) is 1. The summed E-state index contributed by atoms with van der Waals surface area (Å²) in [6.07, 6.45) is -0.541. The van der Waals surface area contributed by atoms with Gasteiger partial charge >= 0.3 is 6.09 Å². The van der Waals surface area contributed by atoms with Crippen LogP contribution in [0.1, 0.15) is 5.56 Å². The normalized spacial score (nSPS) is 26.5. The van der Waals surface area contributed by atoms with E-state index in [1.807, 2.05) is 30.3 Å². The second kappa shape index (κ2) is 5.20. The number of hydrogen-bond acceptors (Lipinski definition) is 4. The Morgan fingerprint density at radius 3 is 2.38 bits per heavy atom. The molecule has 1 aliphatic carbocycles. The number of amides is 3. The molecule has 1 aliphatic heterocycles. The SMILES string of the molecule is CNC(=O)OC[C@@H]1[C@H]2C(=O)N(Cc3ccccc3)C(=O)[C@@H]12. The molecule has 3 amide bonds. The van der Waals surface area contributed by atoms with Crippen LogP contribution >= 0.6 is 0 Å². The van der Waals surface area contributed by atoms with Gasteiger partial charge in [-0.2, -0.15) is 0 Å². The number of hydrogen-bond donors (Lipinski definition) is 1. The van der Waals surface area contributed by atoms with Gasteiger partial charge in [-0.1, -0.05) is 30.3 Å². The van der Waals surface area contributed by atoms with Crippen LogP contribution in [0, 0.1) is 17.8 Å². The van der Waals surface area contributed by atoms with E-state index in [4.69, 9.17) is 4.74 Å². The molecule has 0 radical (unpaired) electrons. The first-order chi connectivity index (χ1) is 10.1. The van der Waals surface area contributed by atoms with E-state index in [1.165, 1.54) is 11.9 Å². The highest BCUT2D eigenvalue weighted by Crippen LogP contribution is 2.53. The van der Waals surface area contributed by atoms with Crippen LogP contribution in [0.25, 0.3) is 0 Å². The molecule has 3 rings (SSSR count). The van der Waals surface area contributed by atoms with Crippen molar-refractivity contribution in [1.82, 2.24) is 10.2 Å². The summed E-state index contributed by atoms with van der Waals surface area (Å²) in [5.74, 6) is -1.09. The number of piperidine rings is 1. The van der Waals surface area contributed by atoms with E-state index in [0.717, 1.165) is 5.56 Å². The summed E-state index contributed by atoms with van der Waals surface area (Å²) in [6, 6.07) is 9.41. The third-order valence-electron chi connectivity index (χ3n) is 4.07. The monoisotopic (exact) mass is 288 g/mol. The summed E-state index contributed by atoms with van der Waals surface area (Å²) in [4.78, 5) is 36.8. The van der Waals surface area contributed by atoms with Crippen molar-refractivity contribution in [3.05, 3.63) is 35.9 Å². The van der Waals surface area contributed by atoms with Crippen LogP contribution in [0.3, 0.4) is 0 Å². The van der Waals surface area contributed by atoms with Gasteiger partial charge in [0.1, 0.15) is 0 Å². The minimum absolute atomic E-state index is 0.117. The number of carbonyl (C=O) groups is 3. The molecule has 0 aromatic heterocycles. The molecule has 1 saturated heterocycles. The molecular weight excluding hydrogens is 272 g/mol. The number of fused-ring (bicyclic) bond motifs is 1. The predicted octanol–water partition coefficient (Wildman–Crippen LogP) is 0.774. The fourth-order valence-electron chi connectivity index (χ4n) is 2.89. The van der Waals surface area contributed by atoms with Crippen LogP contribution < -0.4 is 5.32 Å². The number of likely N-dealkylation sites (tertiary alicyclic amines) is 1. The molecule has 2 aliphatic rings. The van der Waals surface area contributed by atoms with Crippen LogP contribution in [-0.4, -0.2) is 36.5 Å². The number of nitrogens with one attached hydrogen (secondary N) is 1. The molecule has 2 fully saturated rings. The predicted molar refractivity (Wildman–Crippen MR) is 72.9 cm³/mol. The third-order valence-corrected chi connectivity index (χ3v) is 4.07. The van der Waals surface area contributed by atoms with E-state index in [2.05, 4.69) is 5.32 Å². The van der Waals surface area contributed by atoms with Crippen LogP contribution in [0.15, 0.2) is 30.3 Å². The summed E-state index contributed by atoms with van der Waals surface area (Å²) >= 11 is 0. The molecule has 110 valence electrons. The van der Waals surface area contributed by atoms with E-state index in [-0.39, 0.29) is 36.2 Å². The molecule has 1 saturated carbocycles. The summed E-state index contributed by atoms with van der Waals surface area (Å²) in [5.41, 5.74) is 0.929. The second-order valence-corrected chi connectivity index (χ2v) is 5.31. The van der Waals surface area contributed by atoms with Crippen molar-refractivity contribution in [2.45, 2.75) is 6.54 Å². The molecule has 1 aromatic rings. The smallest absolute Gasteiger partial charge is 0.406 e. The van der Waals surface area contributed by atoms with Crippen LogP contribution in [-0.2, 0) is 20.9 Å². The van der Waals surface area contributed by atoms with Gasteiger partial charge < -0.3 is 10.1 Å². The first-order valence-electron chi connectivity index (χ1n) is 6.87. The van der Waals surface area contributed by atoms with Gasteiger partial charge in [0.05, 0.1) is 25.0 Å². The van der Waals surface area contributed by atoms with Crippen LogP contribution in [0.5, 0.6) is 0 Å². The van der Waals surface area contributed by atoms with Crippen molar-refractivity contribution in [3.8, 4) is 0 Å². The van der Waals surface area contributed by atoms with Crippen molar-refractivity contribution in [3.63, 3.8) is 0 Å². The van der Waals surface area contributed by atoms with Crippen LogP contribution in [0.4, 0.5) is 4.79 Å². The number of nitrogens with zero attached hydrogens (tertiary/aromatic N) is 1. The largest absolute Gasteiger partial charge is 0.449 e. The molecule has 6 nitrogen and oxygen atoms in total. The Balaban J connectivity index is 1.60.